The number of nitrogens with one attached hydrogen (secondary N) is 1. The maximum Gasteiger partial charge on any atom is 0.255 e. The van der Waals surface area contributed by atoms with E-state index in [1.54, 1.807) is 7.11 Å². The van der Waals surface area contributed by atoms with E-state index in [1.165, 1.54) is 0 Å². The molecule has 2 atom stereocenters. The van der Waals surface area contributed by atoms with Crippen molar-refractivity contribution in [1.82, 2.24) is 10.2 Å². The standard InChI is InChI=1S/C17H27N3O3/c1-12-5-6-13(15(9-12)23-8-4-7-18)17(21)19-14-10-20(2)11-16(14)22-3/h5-6,9,14,16H,4,7-8,10-11,18H2,1-3H3,(H,19,21)/t14-,16-/m0/s1. The molecule has 0 aromatic heterocycles. The second-order valence-corrected chi connectivity index (χ2v) is 6.07. The van der Waals surface area contributed by atoms with Gasteiger partial charge in [0.15, 0.2) is 0 Å². The first-order valence-corrected chi connectivity index (χ1v) is 8.01. The summed E-state index contributed by atoms with van der Waals surface area (Å²) in [6.45, 7) is 4.64. The van der Waals surface area contributed by atoms with Gasteiger partial charge >= 0.3 is 0 Å². The van der Waals surface area contributed by atoms with Crippen LogP contribution in [0, 0.1) is 6.92 Å². The molecule has 6 nitrogen and oxygen atoms in total. The molecule has 0 radical (unpaired) electrons. The topological polar surface area (TPSA) is 76.8 Å². The van der Waals surface area contributed by atoms with E-state index in [1.807, 2.05) is 32.2 Å². The van der Waals surface area contributed by atoms with Crippen molar-refractivity contribution in [2.45, 2.75) is 25.5 Å². The van der Waals surface area contributed by atoms with Gasteiger partial charge in [-0.15, -0.1) is 0 Å². The average molecular weight is 321 g/mol. The first-order chi connectivity index (χ1) is 11.0. The van der Waals surface area contributed by atoms with Gasteiger partial charge < -0.3 is 25.4 Å². The van der Waals surface area contributed by atoms with Crippen LogP contribution in [0.25, 0.3) is 0 Å². The third-order valence-electron chi connectivity index (χ3n) is 4.06. The smallest absolute Gasteiger partial charge is 0.255 e. The highest BCUT2D eigenvalue weighted by atomic mass is 16.5. The molecule has 1 fully saturated rings. The van der Waals surface area contributed by atoms with E-state index in [-0.39, 0.29) is 18.1 Å². The summed E-state index contributed by atoms with van der Waals surface area (Å²) in [4.78, 5) is 14.8. The number of likely N-dealkylation sites (tertiary alicyclic amines) is 1. The van der Waals surface area contributed by atoms with Gasteiger partial charge in [0.25, 0.3) is 5.91 Å². The zero-order valence-electron chi connectivity index (χ0n) is 14.2. The average Bonchev–Trinajstić information content (AvgIpc) is 2.87. The van der Waals surface area contributed by atoms with Crippen molar-refractivity contribution < 1.29 is 14.3 Å². The van der Waals surface area contributed by atoms with Gasteiger partial charge in [0.2, 0.25) is 0 Å². The van der Waals surface area contributed by atoms with Crippen molar-refractivity contribution in [3.8, 4) is 5.75 Å². The number of carbonyl (C=O) groups excluding carboxylic acids is 1. The fourth-order valence-electron chi connectivity index (χ4n) is 2.79. The molecule has 0 saturated carbocycles. The number of hydrogen-bond donors (Lipinski definition) is 2. The predicted molar refractivity (Wildman–Crippen MR) is 89.9 cm³/mol. The zero-order valence-corrected chi connectivity index (χ0v) is 14.2. The Labute approximate surface area is 137 Å². The first-order valence-electron chi connectivity index (χ1n) is 8.01. The predicted octanol–water partition coefficient (Wildman–Crippen LogP) is 0.781. The van der Waals surface area contributed by atoms with Crippen LogP contribution in [0.5, 0.6) is 5.75 Å². The van der Waals surface area contributed by atoms with Gasteiger partial charge in [0.05, 0.1) is 24.3 Å². The molecule has 0 unspecified atom stereocenters. The molecule has 3 N–H and O–H groups in total. The van der Waals surface area contributed by atoms with E-state index in [0.717, 1.165) is 25.1 Å². The number of ether oxygens (including phenoxy) is 2. The summed E-state index contributed by atoms with van der Waals surface area (Å²) in [6, 6.07) is 5.60. The first kappa shape index (κ1) is 17.7. The number of aryl methyl sites for hydroxylation is 1. The molecule has 1 aliphatic rings. The maximum atomic E-state index is 12.6. The lowest BCUT2D eigenvalue weighted by atomic mass is 10.1. The molecule has 1 aromatic carbocycles. The van der Waals surface area contributed by atoms with Crippen LogP contribution in [0.4, 0.5) is 0 Å². The number of nitrogens with zero attached hydrogens (tertiary/aromatic N) is 1. The Hall–Kier alpha value is -1.63. The van der Waals surface area contributed by atoms with E-state index in [0.29, 0.717) is 24.5 Å². The SMILES string of the molecule is CO[C@H]1CN(C)C[C@@H]1NC(=O)c1ccc(C)cc1OCCCN. The Morgan fingerprint density at radius 1 is 1.43 bits per heavy atom. The van der Waals surface area contributed by atoms with Gasteiger partial charge in [-0.05, 0) is 44.6 Å². The Morgan fingerprint density at radius 2 is 2.22 bits per heavy atom. The van der Waals surface area contributed by atoms with Crippen LogP contribution in [0.3, 0.4) is 0 Å². The number of nitrogens with two attached hydrogens (primary N) is 1. The fraction of sp³-hybridized carbons (Fsp3) is 0.588. The Bertz CT molecular complexity index is 536. The number of methoxy groups -OCH3 is 1. The largest absolute Gasteiger partial charge is 0.493 e. The number of carbonyl (C=O) groups is 1. The summed E-state index contributed by atoms with van der Waals surface area (Å²) in [5.41, 5.74) is 7.10. The van der Waals surface area contributed by atoms with Gasteiger partial charge in [-0.3, -0.25) is 4.79 Å². The molecule has 1 amide bonds. The second kappa shape index (κ2) is 8.29. The van der Waals surface area contributed by atoms with Gasteiger partial charge in [0.1, 0.15) is 5.75 Å². The summed E-state index contributed by atoms with van der Waals surface area (Å²) in [5, 5.41) is 3.07. The van der Waals surface area contributed by atoms with Crippen molar-refractivity contribution in [3.63, 3.8) is 0 Å². The third kappa shape index (κ3) is 4.67. The maximum absolute atomic E-state index is 12.6. The van der Waals surface area contributed by atoms with Crippen LogP contribution in [0.2, 0.25) is 0 Å². The quantitative estimate of drug-likeness (QED) is 0.726. The summed E-state index contributed by atoms with van der Waals surface area (Å²) >= 11 is 0. The minimum absolute atomic E-state index is 0.0102. The lowest BCUT2D eigenvalue weighted by Gasteiger charge is -2.19. The molecule has 0 aliphatic carbocycles. The minimum Gasteiger partial charge on any atom is -0.493 e. The van der Waals surface area contributed by atoms with E-state index >= 15 is 0 Å². The Kier molecular flexibility index (Phi) is 6.38. The number of amides is 1. The molecule has 1 aliphatic heterocycles. The van der Waals surface area contributed by atoms with Crippen molar-refractivity contribution in [2.75, 3.05) is 40.4 Å². The van der Waals surface area contributed by atoms with Gasteiger partial charge in [0, 0.05) is 20.2 Å². The zero-order chi connectivity index (χ0) is 16.8. The van der Waals surface area contributed by atoms with Crippen molar-refractivity contribution in [2.24, 2.45) is 5.73 Å². The van der Waals surface area contributed by atoms with Gasteiger partial charge in [-0.1, -0.05) is 6.07 Å². The van der Waals surface area contributed by atoms with E-state index < -0.39 is 0 Å². The molecular weight excluding hydrogens is 294 g/mol. The highest BCUT2D eigenvalue weighted by molar-refractivity contribution is 5.97. The highest BCUT2D eigenvalue weighted by Crippen LogP contribution is 2.21. The second-order valence-electron chi connectivity index (χ2n) is 6.07. The van der Waals surface area contributed by atoms with E-state index in [4.69, 9.17) is 15.2 Å². The molecule has 128 valence electrons. The van der Waals surface area contributed by atoms with Gasteiger partial charge in [-0.2, -0.15) is 0 Å². The normalized spacial score (nSPS) is 21.4. The van der Waals surface area contributed by atoms with Crippen molar-refractivity contribution in [3.05, 3.63) is 29.3 Å². The number of hydrogen-bond acceptors (Lipinski definition) is 5. The Morgan fingerprint density at radius 3 is 2.91 bits per heavy atom. The van der Waals surface area contributed by atoms with Crippen LogP contribution >= 0.6 is 0 Å². The summed E-state index contributed by atoms with van der Waals surface area (Å²) in [6.07, 6.45) is 0.768. The van der Waals surface area contributed by atoms with Crippen molar-refractivity contribution >= 4 is 5.91 Å². The number of benzene rings is 1. The van der Waals surface area contributed by atoms with Gasteiger partial charge in [-0.25, -0.2) is 0 Å². The molecule has 1 heterocycles. The molecular formula is C17H27N3O3. The number of likely N-dealkylation sites (N-methyl/N-ethyl adjacent to an activating group) is 1. The molecule has 0 spiro atoms. The lowest BCUT2D eigenvalue weighted by Crippen LogP contribution is -2.43. The fourth-order valence-corrected chi connectivity index (χ4v) is 2.79. The minimum atomic E-state index is -0.130. The Balaban J connectivity index is 2.09. The van der Waals surface area contributed by atoms with Crippen LogP contribution in [-0.4, -0.2) is 63.4 Å². The third-order valence-corrected chi connectivity index (χ3v) is 4.06. The highest BCUT2D eigenvalue weighted by Gasteiger charge is 2.32. The molecule has 1 aromatic rings. The summed E-state index contributed by atoms with van der Waals surface area (Å²) in [7, 11) is 3.70. The lowest BCUT2D eigenvalue weighted by molar-refractivity contribution is 0.0763. The van der Waals surface area contributed by atoms with E-state index in [9.17, 15) is 4.79 Å². The molecule has 0 bridgehead atoms. The summed E-state index contributed by atoms with van der Waals surface area (Å²) in [5.74, 6) is 0.478. The van der Waals surface area contributed by atoms with Crippen LogP contribution in [0.15, 0.2) is 18.2 Å². The molecule has 1 saturated heterocycles. The van der Waals surface area contributed by atoms with Crippen LogP contribution < -0.4 is 15.8 Å². The molecule has 2 rings (SSSR count). The summed E-state index contributed by atoms with van der Waals surface area (Å²) < 4.78 is 11.2. The van der Waals surface area contributed by atoms with Crippen LogP contribution in [-0.2, 0) is 4.74 Å². The van der Waals surface area contributed by atoms with Crippen molar-refractivity contribution in [1.29, 1.82) is 0 Å². The molecule has 23 heavy (non-hydrogen) atoms. The monoisotopic (exact) mass is 321 g/mol. The number of rotatable bonds is 7. The van der Waals surface area contributed by atoms with Crippen LogP contribution in [0.1, 0.15) is 22.3 Å². The molecule has 6 heteroatoms. The van der Waals surface area contributed by atoms with E-state index in [2.05, 4.69) is 10.2 Å².